The number of esters is 1. The van der Waals surface area contributed by atoms with E-state index in [2.05, 4.69) is 10.1 Å². The number of methoxy groups -OCH3 is 1. The Morgan fingerprint density at radius 3 is 2.79 bits per heavy atom. The predicted molar refractivity (Wildman–Crippen MR) is 50.7 cm³/mol. The van der Waals surface area contributed by atoms with Crippen LogP contribution in [0.1, 0.15) is 32.1 Å². The van der Waals surface area contributed by atoms with E-state index in [9.17, 15) is 4.79 Å². The quantitative estimate of drug-likeness (QED) is 0.635. The van der Waals surface area contributed by atoms with Gasteiger partial charge in [0.15, 0.2) is 0 Å². The Bertz CT molecular complexity index is 223. The van der Waals surface area contributed by atoms with E-state index in [4.69, 9.17) is 4.74 Å². The summed E-state index contributed by atoms with van der Waals surface area (Å²) in [7, 11) is 1.41. The van der Waals surface area contributed by atoms with E-state index in [0.29, 0.717) is 6.61 Å². The molecule has 2 fully saturated rings. The Balaban J connectivity index is 1.95. The molecule has 1 saturated carbocycles. The fraction of sp³-hybridized carbons (Fsp3) is 0.900. The molecule has 0 aromatic rings. The Kier molecular flexibility index (Phi) is 2.74. The van der Waals surface area contributed by atoms with Crippen molar-refractivity contribution in [3.63, 3.8) is 0 Å². The average molecular weight is 199 g/mol. The summed E-state index contributed by atoms with van der Waals surface area (Å²) in [6.45, 7) is 0.451. The average Bonchev–Trinajstić information content (AvgIpc) is 2.62. The smallest absolute Gasteiger partial charge is 0.325 e. The zero-order valence-electron chi connectivity index (χ0n) is 8.54. The van der Waals surface area contributed by atoms with Gasteiger partial charge in [-0.1, -0.05) is 6.42 Å². The summed E-state index contributed by atoms with van der Waals surface area (Å²) in [5, 5.41) is 3.26. The molecule has 1 atom stereocenters. The Labute approximate surface area is 84.0 Å². The van der Waals surface area contributed by atoms with Gasteiger partial charge >= 0.3 is 5.97 Å². The number of carbonyl (C=O) groups excluding carboxylic acids is 1. The number of hydrogen-bond donors (Lipinski definition) is 1. The molecule has 1 aliphatic heterocycles. The molecule has 0 radical (unpaired) electrons. The lowest BCUT2D eigenvalue weighted by molar-refractivity contribution is -0.142. The first-order valence-electron chi connectivity index (χ1n) is 5.25. The van der Waals surface area contributed by atoms with Crippen LogP contribution in [0.4, 0.5) is 0 Å². The van der Waals surface area contributed by atoms with Crippen molar-refractivity contribution in [3.05, 3.63) is 0 Å². The van der Waals surface area contributed by atoms with Crippen molar-refractivity contribution in [2.45, 2.75) is 43.9 Å². The highest BCUT2D eigenvalue weighted by Gasteiger charge is 2.43. The number of nitrogens with one attached hydrogen (secondary N) is 1. The summed E-state index contributed by atoms with van der Waals surface area (Å²) < 4.78 is 10.4. The van der Waals surface area contributed by atoms with Gasteiger partial charge in [-0.3, -0.25) is 10.1 Å². The van der Waals surface area contributed by atoms with E-state index in [-0.39, 0.29) is 17.7 Å². The van der Waals surface area contributed by atoms with Gasteiger partial charge in [0.1, 0.15) is 11.8 Å². The van der Waals surface area contributed by atoms with Gasteiger partial charge < -0.3 is 9.47 Å². The second-order valence-electron chi connectivity index (χ2n) is 4.09. The van der Waals surface area contributed by atoms with E-state index in [1.807, 2.05) is 0 Å². The van der Waals surface area contributed by atoms with Crippen LogP contribution < -0.4 is 5.32 Å². The molecule has 2 rings (SSSR count). The van der Waals surface area contributed by atoms with Crippen LogP contribution in [0.2, 0.25) is 0 Å². The maximum absolute atomic E-state index is 11.3. The number of ether oxygens (including phenoxy) is 2. The zero-order valence-corrected chi connectivity index (χ0v) is 8.54. The van der Waals surface area contributed by atoms with Crippen molar-refractivity contribution in [3.8, 4) is 0 Å². The molecule has 2 aliphatic rings. The molecule has 14 heavy (non-hydrogen) atoms. The van der Waals surface area contributed by atoms with Gasteiger partial charge in [0.25, 0.3) is 0 Å². The predicted octanol–water partition coefficient (Wildman–Crippen LogP) is 0.808. The molecule has 1 spiro atoms. The molecule has 4 heteroatoms. The summed E-state index contributed by atoms with van der Waals surface area (Å²) in [4.78, 5) is 11.3. The Hall–Kier alpha value is -0.610. The van der Waals surface area contributed by atoms with E-state index < -0.39 is 0 Å². The number of rotatable bonds is 1. The van der Waals surface area contributed by atoms with Crippen molar-refractivity contribution in [1.82, 2.24) is 5.32 Å². The lowest BCUT2D eigenvalue weighted by Gasteiger charge is -2.32. The van der Waals surface area contributed by atoms with Gasteiger partial charge in [0, 0.05) is 0 Å². The minimum absolute atomic E-state index is 0.215. The SMILES string of the molecule is COC(=O)C1COC2(CCCCC2)N1. The van der Waals surface area contributed by atoms with Gasteiger partial charge in [-0.2, -0.15) is 0 Å². The Morgan fingerprint density at radius 2 is 2.14 bits per heavy atom. The van der Waals surface area contributed by atoms with Crippen LogP contribution in [0.3, 0.4) is 0 Å². The second kappa shape index (κ2) is 3.87. The highest BCUT2D eigenvalue weighted by molar-refractivity contribution is 5.76. The molecule has 80 valence electrons. The highest BCUT2D eigenvalue weighted by atomic mass is 16.5. The lowest BCUT2D eigenvalue weighted by atomic mass is 9.92. The van der Waals surface area contributed by atoms with E-state index in [1.165, 1.54) is 26.4 Å². The van der Waals surface area contributed by atoms with Crippen molar-refractivity contribution in [2.24, 2.45) is 0 Å². The topological polar surface area (TPSA) is 47.6 Å². The zero-order chi connectivity index (χ0) is 10.0. The molecule has 1 N–H and O–H groups in total. The third kappa shape index (κ3) is 1.77. The monoisotopic (exact) mass is 199 g/mol. The normalized spacial score (nSPS) is 30.5. The molecule has 0 aromatic heterocycles. The van der Waals surface area contributed by atoms with Crippen LogP contribution in [0.25, 0.3) is 0 Å². The van der Waals surface area contributed by atoms with Crippen LogP contribution in [-0.4, -0.2) is 31.5 Å². The summed E-state index contributed by atoms with van der Waals surface area (Å²) in [5.74, 6) is -0.215. The molecule has 1 saturated heterocycles. The van der Waals surface area contributed by atoms with Gasteiger partial charge in [-0.25, -0.2) is 0 Å². The fourth-order valence-corrected chi connectivity index (χ4v) is 2.32. The maximum Gasteiger partial charge on any atom is 0.325 e. The highest BCUT2D eigenvalue weighted by Crippen LogP contribution is 2.32. The van der Waals surface area contributed by atoms with Crippen molar-refractivity contribution < 1.29 is 14.3 Å². The molecule has 0 aromatic carbocycles. The van der Waals surface area contributed by atoms with Crippen molar-refractivity contribution in [1.29, 1.82) is 0 Å². The third-order valence-corrected chi connectivity index (χ3v) is 3.11. The van der Waals surface area contributed by atoms with Crippen LogP contribution in [-0.2, 0) is 14.3 Å². The van der Waals surface area contributed by atoms with E-state index >= 15 is 0 Å². The second-order valence-corrected chi connectivity index (χ2v) is 4.09. The summed E-state index contributed by atoms with van der Waals surface area (Å²) in [6.07, 6.45) is 5.67. The number of hydrogen-bond acceptors (Lipinski definition) is 4. The summed E-state index contributed by atoms with van der Waals surface area (Å²) >= 11 is 0. The first-order valence-corrected chi connectivity index (χ1v) is 5.25. The largest absolute Gasteiger partial charge is 0.468 e. The lowest BCUT2D eigenvalue weighted by Crippen LogP contribution is -2.48. The third-order valence-electron chi connectivity index (χ3n) is 3.11. The molecule has 0 amide bonds. The molecule has 1 aliphatic carbocycles. The van der Waals surface area contributed by atoms with Crippen LogP contribution in [0, 0.1) is 0 Å². The van der Waals surface area contributed by atoms with E-state index in [0.717, 1.165) is 12.8 Å². The summed E-state index contributed by atoms with van der Waals surface area (Å²) in [5.41, 5.74) is -0.225. The van der Waals surface area contributed by atoms with Crippen LogP contribution >= 0.6 is 0 Å². The van der Waals surface area contributed by atoms with E-state index in [1.54, 1.807) is 0 Å². The van der Waals surface area contributed by atoms with Crippen LogP contribution in [0.15, 0.2) is 0 Å². The minimum atomic E-state index is -0.266. The number of carbonyl (C=O) groups is 1. The first kappa shape index (κ1) is 9.93. The maximum atomic E-state index is 11.3. The van der Waals surface area contributed by atoms with Crippen molar-refractivity contribution in [2.75, 3.05) is 13.7 Å². The molecule has 1 unspecified atom stereocenters. The Morgan fingerprint density at radius 1 is 1.43 bits per heavy atom. The minimum Gasteiger partial charge on any atom is -0.468 e. The van der Waals surface area contributed by atoms with Crippen LogP contribution in [0.5, 0.6) is 0 Å². The van der Waals surface area contributed by atoms with Gasteiger partial charge in [-0.15, -0.1) is 0 Å². The molecule has 0 bridgehead atoms. The van der Waals surface area contributed by atoms with Gasteiger partial charge in [0.2, 0.25) is 0 Å². The molecular weight excluding hydrogens is 182 g/mol. The molecule has 1 heterocycles. The molecular formula is C10H17NO3. The van der Waals surface area contributed by atoms with Gasteiger partial charge in [0.05, 0.1) is 13.7 Å². The van der Waals surface area contributed by atoms with Crippen molar-refractivity contribution >= 4 is 5.97 Å². The fourth-order valence-electron chi connectivity index (χ4n) is 2.32. The van der Waals surface area contributed by atoms with Gasteiger partial charge in [-0.05, 0) is 25.7 Å². The molecule has 4 nitrogen and oxygen atoms in total. The summed E-state index contributed by atoms with van der Waals surface area (Å²) in [6, 6.07) is -0.266. The standard InChI is InChI=1S/C10H17NO3/c1-13-9(12)8-7-14-10(11-8)5-3-2-4-6-10/h8,11H,2-7H2,1H3. The first-order chi connectivity index (χ1) is 6.76.